The highest BCUT2D eigenvalue weighted by Gasteiger charge is 2.18. The molecular weight excluding hydrogens is 221 g/mol. The Bertz CT molecular complexity index is 393. The second kappa shape index (κ2) is 6.35. The van der Waals surface area contributed by atoms with Gasteiger partial charge in [-0.05, 0) is 31.7 Å². The second-order valence-corrected chi connectivity index (χ2v) is 3.88. The van der Waals surface area contributed by atoms with Gasteiger partial charge in [0.05, 0.1) is 7.11 Å². The zero-order valence-electron chi connectivity index (χ0n) is 10.4. The van der Waals surface area contributed by atoms with Crippen LogP contribution in [0.25, 0.3) is 0 Å². The molecule has 0 spiro atoms. The molecule has 0 radical (unpaired) electrons. The molecule has 1 aromatic carbocycles. The largest absolute Gasteiger partial charge is 0.494 e. The Morgan fingerprint density at radius 3 is 2.71 bits per heavy atom. The maximum Gasteiger partial charge on any atom is 0.167 e. The fourth-order valence-corrected chi connectivity index (χ4v) is 1.72. The van der Waals surface area contributed by atoms with Gasteiger partial charge in [-0.25, -0.2) is 4.39 Å². The lowest BCUT2D eigenvalue weighted by atomic mass is 9.95. The van der Waals surface area contributed by atoms with E-state index in [4.69, 9.17) is 4.74 Å². The van der Waals surface area contributed by atoms with Crippen molar-refractivity contribution in [3.8, 4) is 5.75 Å². The number of methoxy groups -OCH3 is 1. The topological polar surface area (TPSA) is 38.3 Å². The summed E-state index contributed by atoms with van der Waals surface area (Å²) in [6, 6.07) is 4.32. The molecule has 0 saturated heterocycles. The van der Waals surface area contributed by atoms with Gasteiger partial charge >= 0.3 is 0 Å². The summed E-state index contributed by atoms with van der Waals surface area (Å²) in [4.78, 5) is 12.1. The molecule has 17 heavy (non-hydrogen) atoms. The van der Waals surface area contributed by atoms with Crippen molar-refractivity contribution in [3.05, 3.63) is 29.6 Å². The summed E-state index contributed by atoms with van der Waals surface area (Å²) in [7, 11) is 3.19. The number of carbonyl (C=O) groups is 1. The van der Waals surface area contributed by atoms with E-state index in [-0.39, 0.29) is 17.5 Å². The van der Waals surface area contributed by atoms with Crippen molar-refractivity contribution in [2.24, 2.45) is 5.92 Å². The Labute approximate surface area is 101 Å². The Morgan fingerprint density at radius 2 is 2.24 bits per heavy atom. The van der Waals surface area contributed by atoms with Gasteiger partial charge in [0.25, 0.3) is 0 Å². The molecule has 0 aromatic heterocycles. The Morgan fingerprint density at radius 1 is 1.53 bits per heavy atom. The van der Waals surface area contributed by atoms with Crippen molar-refractivity contribution in [2.75, 3.05) is 20.7 Å². The molecule has 1 unspecified atom stereocenters. The third kappa shape index (κ3) is 3.27. The summed E-state index contributed by atoms with van der Waals surface area (Å²) in [5, 5.41) is 2.97. The lowest BCUT2D eigenvalue weighted by Gasteiger charge is -2.13. The van der Waals surface area contributed by atoms with Gasteiger partial charge in [-0.2, -0.15) is 0 Å². The molecule has 1 rings (SSSR count). The number of halogens is 1. The number of nitrogens with one attached hydrogen (secondary N) is 1. The third-order valence-electron chi connectivity index (χ3n) is 2.75. The molecule has 1 N–H and O–H groups in total. The molecule has 0 heterocycles. The first kappa shape index (κ1) is 13.6. The monoisotopic (exact) mass is 239 g/mol. The van der Waals surface area contributed by atoms with Crippen molar-refractivity contribution in [3.63, 3.8) is 0 Å². The quantitative estimate of drug-likeness (QED) is 0.774. The molecule has 4 heteroatoms. The van der Waals surface area contributed by atoms with Crippen LogP contribution in [0, 0.1) is 11.7 Å². The van der Waals surface area contributed by atoms with Crippen LogP contribution in [0.5, 0.6) is 5.75 Å². The summed E-state index contributed by atoms with van der Waals surface area (Å²) in [5.41, 5.74) is 0.394. The van der Waals surface area contributed by atoms with E-state index < -0.39 is 5.82 Å². The van der Waals surface area contributed by atoms with Gasteiger partial charge < -0.3 is 10.1 Å². The van der Waals surface area contributed by atoms with E-state index in [1.165, 1.54) is 19.2 Å². The number of carbonyl (C=O) groups excluding carboxylic acids is 1. The lowest BCUT2D eigenvalue weighted by Crippen LogP contribution is -2.25. The van der Waals surface area contributed by atoms with Crippen LogP contribution in [-0.4, -0.2) is 26.5 Å². The predicted octanol–water partition coefficient (Wildman–Crippen LogP) is 2.26. The smallest absolute Gasteiger partial charge is 0.167 e. The summed E-state index contributed by atoms with van der Waals surface area (Å²) in [5.74, 6) is -0.503. The highest BCUT2D eigenvalue weighted by atomic mass is 19.1. The summed E-state index contributed by atoms with van der Waals surface area (Å²) in [6.45, 7) is 2.54. The van der Waals surface area contributed by atoms with E-state index in [2.05, 4.69) is 5.32 Å². The van der Waals surface area contributed by atoms with Crippen molar-refractivity contribution in [2.45, 2.75) is 13.3 Å². The van der Waals surface area contributed by atoms with Gasteiger partial charge in [0.2, 0.25) is 0 Å². The molecule has 0 aliphatic carbocycles. The van der Waals surface area contributed by atoms with Gasteiger partial charge in [0.1, 0.15) is 0 Å². The molecule has 1 aromatic rings. The van der Waals surface area contributed by atoms with E-state index in [0.29, 0.717) is 12.1 Å². The van der Waals surface area contributed by atoms with Crippen LogP contribution in [0.1, 0.15) is 23.7 Å². The SMILES string of the molecule is CCC(CNC)C(=O)c1ccc(OC)c(F)c1. The average molecular weight is 239 g/mol. The highest BCUT2D eigenvalue weighted by Crippen LogP contribution is 2.20. The number of hydrogen-bond donors (Lipinski definition) is 1. The number of rotatable bonds is 6. The van der Waals surface area contributed by atoms with Crippen LogP contribution in [0.15, 0.2) is 18.2 Å². The minimum atomic E-state index is -0.502. The van der Waals surface area contributed by atoms with Crippen LogP contribution in [0.2, 0.25) is 0 Å². The predicted molar refractivity (Wildman–Crippen MR) is 65.0 cm³/mol. The molecule has 0 saturated carbocycles. The maximum atomic E-state index is 13.5. The van der Waals surface area contributed by atoms with Gasteiger partial charge in [-0.3, -0.25) is 4.79 Å². The highest BCUT2D eigenvalue weighted by molar-refractivity contribution is 5.98. The first-order valence-corrected chi connectivity index (χ1v) is 5.66. The molecule has 0 bridgehead atoms. The zero-order chi connectivity index (χ0) is 12.8. The summed E-state index contributed by atoms with van der Waals surface area (Å²) in [6.07, 6.45) is 0.729. The van der Waals surface area contributed by atoms with Crippen molar-refractivity contribution in [1.82, 2.24) is 5.32 Å². The number of Topliss-reactive ketones (excluding diaryl/α,β-unsaturated/α-hetero) is 1. The molecule has 94 valence electrons. The molecule has 0 aliphatic rings. The van der Waals surface area contributed by atoms with Crippen molar-refractivity contribution < 1.29 is 13.9 Å². The minimum Gasteiger partial charge on any atom is -0.494 e. The van der Waals surface area contributed by atoms with Crippen molar-refractivity contribution in [1.29, 1.82) is 0 Å². The van der Waals surface area contributed by atoms with E-state index >= 15 is 0 Å². The fraction of sp³-hybridized carbons (Fsp3) is 0.462. The number of ether oxygens (including phenoxy) is 1. The molecule has 0 aliphatic heterocycles. The Hall–Kier alpha value is -1.42. The van der Waals surface area contributed by atoms with E-state index in [0.717, 1.165) is 6.42 Å². The van der Waals surface area contributed by atoms with Crippen LogP contribution < -0.4 is 10.1 Å². The standard InChI is InChI=1S/C13H18FNO2/c1-4-9(8-15-2)13(16)10-5-6-12(17-3)11(14)7-10/h5-7,9,15H,4,8H2,1-3H3. The summed E-state index contributed by atoms with van der Waals surface area (Å²) < 4.78 is 18.3. The molecule has 0 amide bonds. The number of ketones is 1. The van der Waals surface area contributed by atoms with Crippen LogP contribution in [0.3, 0.4) is 0 Å². The van der Waals surface area contributed by atoms with Crippen LogP contribution >= 0.6 is 0 Å². The first-order chi connectivity index (χ1) is 8.13. The minimum absolute atomic E-state index is 0.0385. The fourth-order valence-electron chi connectivity index (χ4n) is 1.72. The molecule has 3 nitrogen and oxygen atoms in total. The number of hydrogen-bond acceptors (Lipinski definition) is 3. The van der Waals surface area contributed by atoms with E-state index in [1.807, 2.05) is 6.92 Å². The second-order valence-electron chi connectivity index (χ2n) is 3.88. The Kier molecular flexibility index (Phi) is 5.10. The maximum absolute atomic E-state index is 13.5. The third-order valence-corrected chi connectivity index (χ3v) is 2.75. The lowest BCUT2D eigenvalue weighted by molar-refractivity contribution is 0.0916. The van der Waals surface area contributed by atoms with Crippen LogP contribution in [-0.2, 0) is 0 Å². The van der Waals surface area contributed by atoms with Gasteiger partial charge in [-0.1, -0.05) is 6.92 Å². The molecular formula is C13H18FNO2. The van der Waals surface area contributed by atoms with E-state index in [9.17, 15) is 9.18 Å². The zero-order valence-corrected chi connectivity index (χ0v) is 10.4. The van der Waals surface area contributed by atoms with Crippen LogP contribution in [0.4, 0.5) is 4.39 Å². The van der Waals surface area contributed by atoms with Crippen molar-refractivity contribution >= 4 is 5.78 Å². The Balaban J connectivity index is 2.92. The average Bonchev–Trinajstić information content (AvgIpc) is 2.35. The molecule has 0 fully saturated rings. The van der Waals surface area contributed by atoms with Gasteiger partial charge in [0.15, 0.2) is 17.3 Å². The van der Waals surface area contributed by atoms with E-state index in [1.54, 1.807) is 13.1 Å². The normalized spacial score (nSPS) is 12.2. The van der Waals surface area contributed by atoms with Gasteiger partial charge in [-0.15, -0.1) is 0 Å². The molecule has 1 atom stereocenters. The number of benzene rings is 1. The summed E-state index contributed by atoms with van der Waals surface area (Å²) >= 11 is 0. The first-order valence-electron chi connectivity index (χ1n) is 5.66. The van der Waals surface area contributed by atoms with Gasteiger partial charge in [0, 0.05) is 18.0 Å².